The Balaban J connectivity index is 1.90. The Labute approximate surface area is 263 Å². The van der Waals surface area contributed by atoms with E-state index >= 15 is 0 Å². The number of aliphatic hydroxyl groups is 1. The highest BCUT2D eigenvalue weighted by molar-refractivity contribution is 7.81. The maximum absolute atomic E-state index is 10.1. The summed E-state index contributed by atoms with van der Waals surface area (Å²) in [7, 11) is 0. The van der Waals surface area contributed by atoms with Gasteiger partial charge in [0.15, 0.2) is 0 Å². The molecule has 2 heteroatoms. The molecule has 1 nitrogen and oxygen atoms in total. The first-order valence-corrected chi connectivity index (χ1v) is 16.0. The van der Waals surface area contributed by atoms with Crippen molar-refractivity contribution in [2.45, 2.75) is 106 Å². The summed E-state index contributed by atoms with van der Waals surface area (Å²) in [6.45, 7) is 22.0. The molecular formula is C40H56OS. The normalized spacial score (nSPS) is 25.0. The van der Waals surface area contributed by atoms with Gasteiger partial charge in [-0.15, -0.1) is 0 Å². The van der Waals surface area contributed by atoms with Gasteiger partial charge in [-0.25, -0.2) is 0 Å². The Morgan fingerprint density at radius 2 is 1.00 bits per heavy atom. The average Bonchev–Trinajstić information content (AvgIpc) is 2.84. The summed E-state index contributed by atoms with van der Waals surface area (Å²) in [6, 6.07) is 0. The number of rotatable bonds is 10. The minimum Gasteiger partial charge on any atom is -0.393 e. The molecule has 2 aliphatic carbocycles. The second-order valence-corrected chi connectivity index (χ2v) is 14.4. The van der Waals surface area contributed by atoms with Gasteiger partial charge in [0.2, 0.25) is 0 Å². The Kier molecular flexibility index (Phi) is 13.9. The van der Waals surface area contributed by atoms with Crippen LogP contribution in [-0.4, -0.2) is 16.5 Å². The third kappa shape index (κ3) is 12.0. The molecule has 0 bridgehead atoms. The molecule has 0 aliphatic heterocycles. The van der Waals surface area contributed by atoms with Crippen LogP contribution in [0.2, 0.25) is 0 Å². The number of aliphatic hydroxyl groups excluding tert-OH is 1. The number of hydrogen-bond acceptors (Lipinski definition) is 2. The van der Waals surface area contributed by atoms with Gasteiger partial charge in [-0.05, 0) is 89.2 Å². The van der Waals surface area contributed by atoms with Crippen LogP contribution in [0.4, 0.5) is 0 Å². The smallest absolute Gasteiger partial charge is 0.0585 e. The van der Waals surface area contributed by atoms with E-state index in [2.05, 4.69) is 154 Å². The van der Waals surface area contributed by atoms with Crippen LogP contribution in [0.15, 0.2) is 130 Å². The zero-order chi connectivity index (χ0) is 31.5. The summed E-state index contributed by atoms with van der Waals surface area (Å²) < 4.78 is 0. The summed E-state index contributed by atoms with van der Waals surface area (Å²) in [5.74, 6) is 0. The van der Waals surface area contributed by atoms with Gasteiger partial charge in [-0.3, -0.25) is 0 Å². The van der Waals surface area contributed by atoms with Crippen molar-refractivity contribution in [3.05, 3.63) is 130 Å². The SMILES string of the molecule is CC1=C(/C=C/C(C)=C/C=C/C(C)=C/C=C/C=C(C)/C=C/C=C(C)/C=C/C2=C(C)C[C@H](S)CC2(C)C)C(C)(C)C[C@H](O)C1. The second kappa shape index (κ2) is 16.3. The van der Waals surface area contributed by atoms with Crippen molar-refractivity contribution >= 4 is 12.6 Å². The van der Waals surface area contributed by atoms with Gasteiger partial charge in [-0.2, -0.15) is 12.6 Å². The van der Waals surface area contributed by atoms with Gasteiger partial charge >= 0.3 is 0 Å². The van der Waals surface area contributed by atoms with Gasteiger partial charge in [-0.1, -0.05) is 146 Å². The van der Waals surface area contributed by atoms with Crippen LogP contribution >= 0.6 is 12.6 Å². The van der Waals surface area contributed by atoms with Crippen LogP contribution in [0.3, 0.4) is 0 Å². The Bertz CT molecular complexity index is 1190. The number of hydrogen-bond donors (Lipinski definition) is 2. The van der Waals surface area contributed by atoms with Gasteiger partial charge in [0, 0.05) is 5.25 Å². The molecule has 42 heavy (non-hydrogen) atoms. The minimum atomic E-state index is -0.223. The molecule has 0 aromatic carbocycles. The molecular weight excluding hydrogens is 529 g/mol. The molecule has 2 aliphatic rings. The predicted molar refractivity (Wildman–Crippen MR) is 191 cm³/mol. The molecule has 0 aromatic rings. The molecule has 0 saturated heterocycles. The zero-order valence-corrected chi connectivity index (χ0v) is 28.9. The fourth-order valence-electron chi connectivity index (χ4n) is 6.13. The van der Waals surface area contributed by atoms with E-state index in [1.807, 2.05) is 0 Å². The van der Waals surface area contributed by atoms with Crippen molar-refractivity contribution in [2.75, 3.05) is 0 Å². The molecule has 0 aromatic heterocycles. The maximum atomic E-state index is 10.1. The molecule has 0 saturated carbocycles. The molecule has 228 valence electrons. The first-order chi connectivity index (χ1) is 19.6. The van der Waals surface area contributed by atoms with Gasteiger partial charge in [0.05, 0.1) is 6.10 Å². The van der Waals surface area contributed by atoms with Crippen molar-refractivity contribution in [1.82, 2.24) is 0 Å². The van der Waals surface area contributed by atoms with E-state index in [0.717, 1.165) is 25.7 Å². The second-order valence-electron chi connectivity index (χ2n) is 13.7. The lowest BCUT2D eigenvalue weighted by Crippen LogP contribution is -2.28. The van der Waals surface area contributed by atoms with Gasteiger partial charge < -0.3 is 5.11 Å². The molecule has 0 radical (unpaired) electrons. The third-order valence-corrected chi connectivity index (χ3v) is 8.61. The van der Waals surface area contributed by atoms with E-state index in [0.29, 0.717) is 5.25 Å². The lowest BCUT2D eigenvalue weighted by atomic mass is 9.71. The van der Waals surface area contributed by atoms with Crippen molar-refractivity contribution in [1.29, 1.82) is 0 Å². The van der Waals surface area contributed by atoms with Crippen molar-refractivity contribution in [2.24, 2.45) is 10.8 Å². The molecule has 0 amide bonds. The summed E-state index contributed by atoms with van der Waals surface area (Å²) >= 11 is 4.73. The van der Waals surface area contributed by atoms with Gasteiger partial charge in [0.1, 0.15) is 0 Å². The van der Waals surface area contributed by atoms with Crippen molar-refractivity contribution < 1.29 is 5.11 Å². The largest absolute Gasteiger partial charge is 0.393 e. The summed E-state index contributed by atoms with van der Waals surface area (Å²) in [5.41, 5.74) is 10.6. The van der Waals surface area contributed by atoms with Crippen LogP contribution < -0.4 is 0 Å². The molecule has 2 rings (SSSR count). The Hall–Kier alpha value is -2.55. The first-order valence-electron chi connectivity index (χ1n) is 15.5. The van der Waals surface area contributed by atoms with Crippen LogP contribution in [0.25, 0.3) is 0 Å². The maximum Gasteiger partial charge on any atom is 0.0585 e. The summed E-state index contributed by atoms with van der Waals surface area (Å²) in [6.07, 6.45) is 33.8. The van der Waals surface area contributed by atoms with E-state index in [-0.39, 0.29) is 16.9 Å². The van der Waals surface area contributed by atoms with E-state index in [1.54, 1.807) is 0 Å². The van der Waals surface area contributed by atoms with E-state index in [1.165, 1.54) is 44.6 Å². The third-order valence-electron chi connectivity index (χ3n) is 8.24. The first kappa shape index (κ1) is 35.6. The molecule has 0 unspecified atom stereocenters. The fraction of sp³-hybridized carbons (Fsp3) is 0.450. The monoisotopic (exact) mass is 584 g/mol. The lowest BCUT2D eigenvalue weighted by Gasteiger charge is -2.36. The molecule has 2 atom stereocenters. The molecule has 0 spiro atoms. The topological polar surface area (TPSA) is 20.2 Å². The minimum absolute atomic E-state index is 0.00991. The quantitative estimate of drug-likeness (QED) is 0.193. The number of allylic oxidation sites excluding steroid dienone is 21. The van der Waals surface area contributed by atoms with Crippen LogP contribution in [0.1, 0.15) is 94.9 Å². The van der Waals surface area contributed by atoms with Crippen molar-refractivity contribution in [3.63, 3.8) is 0 Å². The zero-order valence-electron chi connectivity index (χ0n) is 28.0. The summed E-state index contributed by atoms with van der Waals surface area (Å²) in [4.78, 5) is 0. The lowest BCUT2D eigenvalue weighted by molar-refractivity contribution is 0.116. The van der Waals surface area contributed by atoms with Crippen LogP contribution in [0.5, 0.6) is 0 Å². The van der Waals surface area contributed by atoms with Crippen LogP contribution in [-0.2, 0) is 0 Å². The van der Waals surface area contributed by atoms with Crippen LogP contribution in [0, 0.1) is 10.8 Å². The summed E-state index contributed by atoms with van der Waals surface area (Å²) in [5, 5.41) is 10.6. The predicted octanol–water partition coefficient (Wildman–Crippen LogP) is 11.5. The van der Waals surface area contributed by atoms with E-state index in [9.17, 15) is 5.11 Å². The molecule has 0 heterocycles. The van der Waals surface area contributed by atoms with E-state index < -0.39 is 0 Å². The average molecular weight is 585 g/mol. The highest BCUT2D eigenvalue weighted by atomic mass is 32.1. The molecule has 1 N–H and O–H groups in total. The van der Waals surface area contributed by atoms with Crippen molar-refractivity contribution in [3.8, 4) is 0 Å². The Morgan fingerprint density at radius 3 is 1.43 bits per heavy atom. The highest BCUT2D eigenvalue weighted by Crippen LogP contribution is 2.43. The molecule has 0 fully saturated rings. The fourth-order valence-corrected chi connectivity index (χ4v) is 6.86. The standard InChI is InChI=1S/C40H56OS/c1-29(17-13-19-31(3)21-23-37-33(5)25-35(41)27-39(37,7)8)15-11-12-16-30(2)18-14-20-32(4)22-24-38-34(6)26-36(42)28-40(38,9)10/h11-24,35-36,41-42H,25-28H2,1-10H3/b12-11+,17-13+,18-14+,23-21+,24-22+,29-15+,30-16+,31-19+,32-20+/t35-,36+/m1/s1. The van der Waals surface area contributed by atoms with Gasteiger partial charge in [0.25, 0.3) is 0 Å². The number of thiol groups is 1. The Morgan fingerprint density at radius 1 is 0.619 bits per heavy atom. The van der Waals surface area contributed by atoms with E-state index in [4.69, 9.17) is 12.6 Å². The highest BCUT2D eigenvalue weighted by Gasteiger charge is 2.32.